The minimum atomic E-state index is -4.76. The second-order valence-electron chi connectivity index (χ2n) is 9.35. The number of halogens is 3. The van der Waals surface area contributed by atoms with Crippen LogP contribution in [0.3, 0.4) is 0 Å². The Balaban J connectivity index is 1.45. The Morgan fingerprint density at radius 2 is 1.77 bits per heavy atom. The molecule has 8 nitrogen and oxygen atoms in total. The van der Waals surface area contributed by atoms with Gasteiger partial charge in [-0.2, -0.15) is 0 Å². The van der Waals surface area contributed by atoms with Crippen molar-refractivity contribution >= 4 is 29.0 Å². The molecule has 0 saturated heterocycles. The molecule has 0 bridgehead atoms. The lowest BCUT2D eigenvalue weighted by molar-refractivity contribution is -0.274. The number of nitrogens with two attached hydrogens (primary N) is 1. The summed E-state index contributed by atoms with van der Waals surface area (Å²) < 4.78 is 42.5. The summed E-state index contributed by atoms with van der Waals surface area (Å²) in [5.74, 6) is 0.332. The predicted octanol–water partition coefficient (Wildman–Crippen LogP) is 6.54. The summed E-state index contributed by atoms with van der Waals surface area (Å²) in [5, 5.41) is 7.77. The second-order valence-corrected chi connectivity index (χ2v) is 9.74. The standard InChI is InChI=1S/C28H27F3N6O2S/c1-17(2)23-13-4-18(3)14-24(23)34-27(40)36(26(32)38)15-19-5-7-20(8-6-19)25-33-16-37(35-25)21-9-11-22(12-10-21)39-28(29,30)31/h4-14,16-17H,15H2,1-3H3,(H2,32,38)(H,34,40). The predicted molar refractivity (Wildman–Crippen MR) is 150 cm³/mol. The van der Waals surface area contributed by atoms with E-state index in [-0.39, 0.29) is 23.3 Å². The Bertz CT molecular complexity index is 1500. The molecule has 4 aromatic rings. The molecule has 2 amide bonds. The Hall–Kier alpha value is -4.45. The van der Waals surface area contributed by atoms with Gasteiger partial charge in [0.25, 0.3) is 0 Å². The number of thiocarbonyl (C=S) groups is 1. The number of aromatic nitrogens is 3. The molecule has 0 saturated carbocycles. The minimum absolute atomic E-state index is 0.151. The summed E-state index contributed by atoms with van der Waals surface area (Å²) in [5.41, 5.74) is 10.6. The third kappa shape index (κ3) is 7.14. The van der Waals surface area contributed by atoms with Crippen molar-refractivity contribution in [3.8, 4) is 22.8 Å². The molecule has 0 spiro atoms. The van der Waals surface area contributed by atoms with Crippen LogP contribution in [0.2, 0.25) is 0 Å². The van der Waals surface area contributed by atoms with Crippen LogP contribution in [-0.2, 0) is 6.54 Å². The lowest BCUT2D eigenvalue weighted by atomic mass is 9.99. The van der Waals surface area contributed by atoms with Gasteiger partial charge in [0.15, 0.2) is 10.9 Å². The monoisotopic (exact) mass is 568 g/mol. The number of carbonyl (C=O) groups is 1. The van der Waals surface area contributed by atoms with Crippen LogP contribution in [0.25, 0.3) is 17.1 Å². The molecular weight excluding hydrogens is 541 g/mol. The smallest absolute Gasteiger partial charge is 0.406 e. The first-order valence-electron chi connectivity index (χ1n) is 12.3. The van der Waals surface area contributed by atoms with Crippen LogP contribution >= 0.6 is 12.2 Å². The van der Waals surface area contributed by atoms with E-state index in [2.05, 4.69) is 34.0 Å². The van der Waals surface area contributed by atoms with Crippen LogP contribution in [0.4, 0.5) is 23.7 Å². The quantitative estimate of drug-likeness (QED) is 0.246. The topological polar surface area (TPSA) is 98.3 Å². The van der Waals surface area contributed by atoms with Gasteiger partial charge in [0.2, 0.25) is 0 Å². The number of primary amides is 1. The van der Waals surface area contributed by atoms with Crippen molar-refractivity contribution in [2.24, 2.45) is 5.73 Å². The van der Waals surface area contributed by atoms with Crippen molar-refractivity contribution in [1.82, 2.24) is 19.7 Å². The highest BCUT2D eigenvalue weighted by molar-refractivity contribution is 7.80. The fourth-order valence-corrected chi connectivity index (χ4v) is 4.24. The highest BCUT2D eigenvalue weighted by Crippen LogP contribution is 2.27. The SMILES string of the molecule is Cc1ccc(C(C)C)c(NC(=S)N(Cc2ccc(-c3ncn(-c4ccc(OC(F)(F)F)cc4)n3)cc2)C(N)=O)c1. The van der Waals surface area contributed by atoms with E-state index in [1.165, 1.54) is 40.2 Å². The molecule has 3 N–H and O–H groups in total. The molecule has 0 aliphatic carbocycles. The Morgan fingerprint density at radius 3 is 2.38 bits per heavy atom. The molecule has 40 heavy (non-hydrogen) atoms. The summed E-state index contributed by atoms with van der Waals surface area (Å²) in [7, 11) is 0. The molecule has 1 aromatic heterocycles. The highest BCUT2D eigenvalue weighted by atomic mass is 32.1. The Labute approximate surface area is 234 Å². The van der Waals surface area contributed by atoms with Crippen LogP contribution in [0.1, 0.15) is 36.5 Å². The Morgan fingerprint density at radius 1 is 1.10 bits per heavy atom. The van der Waals surface area contributed by atoms with E-state index < -0.39 is 12.4 Å². The zero-order valence-electron chi connectivity index (χ0n) is 21.9. The fourth-order valence-electron chi connectivity index (χ4n) is 3.98. The minimum Gasteiger partial charge on any atom is -0.406 e. The number of urea groups is 1. The average Bonchev–Trinajstić information content (AvgIpc) is 3.37. The van der Waals surface area contributed by atoms with Gasteiger partial charge in [-0.1, -0.05) is 50.2 Å². The maximum atomic E-state index is 12.4. The van der Waals surface area contributed by atoms with Gasteiger partial charge in [0, 0.05) is 11.3 Å². The lowest BCUT2D eigenvalue weighted by Crippen LogP contribution is -2.42. The van der Waals surface area contributed by atoms with Gasteiger partial charge in [0.1, 0.15) is 12.1 Å². The first-order chi connectivity index (χ1) is 18.9. The maximum absolute atomic E-state index is 12.4. The largest absolute Gasteiger partial charge is 0.573 e. The number of hydrogen-bond acceptors (Lipinski definition) is 5. The van der Waals surface area contributed by atoms with E-state index >= 15 is 0 Å². The van der Waals surface area contributed by atoms with E-state index in [4.69, 9.17) is 18.0 Å². The van der Waals surface area contributed by atoms with Crippen molar-refractivity contribution in [1.29, 1.82) is 0 Å². The van der Waals surface area contributed by atoms with E-state index in [1.54, 1.807) is 12.1 Å². The molecule has 1 heterocycles. The van der Waals surface area contributed by atoms with Crippen LogP contribution in [0.5, 0.6) is 5.75 Å². The molecule has 0 aliphatic heterocycles. The summed E-state index contributed by atoms with van der Waals surface area (Å²) in [6, 6.07) is 17.8. The molecule has 0 fully saturated rings. The van der Waals surface area contributed by atoms with Crippen LogP contribution in [0.15, 0.2) is 73.1 Å². The lowest BCUT2D eigenvalue weighted by Gasteiger charge is -2.24. The summed E-state index contributed by atoms with van der Waals surface area (Å²) in [6.07, 6.45) is -3.30. The first kappa shape index (κ1) is 28.6. The van der Waals surface area contributed by atoms with Crippen molar-refractivity contribution in [3.05, 3.63) is 89.7 Å². The Kier molecular flexibility index (Phi) is 8.38. The van der Waals surface area contributed by atoms with Gasteiger partial charge < -0.3 is 15.8 Å². The first-order valence-corrected chi connectivity index (χ1v) is 12.7. The molecule has 4 rings (SSSR count). The third-order valence-electron chi connectivity index (χ3n) is 5.96. The zero-order chi connectivity index (χ0) is 29.0. The molecule has 0 unspecified atom stereocenters. The van der Waals surface area contributed by atoms with Gasteiger partial charge in [-0.15, -0.1) is 18.3 Å². The van der Waals surface area contributed by atoms with Crippen molar-refractivity contribution in [3.63, 3.8) is 0 Å². The number of amides is 2. The van der Waals surface area contributed by atoms with Crippen LogP contribution in [-0.4, -0.2) is 37.2 Å². The van der Waals surface area contributed by atoms with Crippen LogP contribution < -0.4 is 15.8 Å². The van der Waals surface area contributed by atoms with Gasteiger partial charge >= 0.3 is 12.4 Å². The number of alkyl halides is 3. The third-order valence-corrected chi connectivity index (χ3v) is 6.29. The van der Waals surface area contributed by atoms with Gasteiger partial charge in [0.05, 0.1) is 12.2 Å². The normalized spacial score (nSPS) is 11.4. The average molecular weight is 569 g/mol. The molecule has 208 valence electrons. The van der Waals surface area contributed by atoms with E-state index in [0.717, 1.165) is 22.4 Å². The van der Waals surface area contributed by atoms with Crippen molar-refractivity contribution in [2.75, 3.05) is 5.32 Å². The number of benzene rings is 3. The number of nitrogens with one attached hydrogen (secondary N) is 1. The molecule has 3 aromatic carbocycles. The molecule has 12 heteroatoms. The number of anilines is 1. The second kappa shape index (κ2) is 11.7. The highest BCUT2D eigenvalue weighted by Gasteiger charge is 2.31. The number of aryl methyl sites for hydroxylation is 1. The fraction of sp³-hybridized carbons (Fsp3) is 0.214. The van der Waals surface area contributed by atoms with Gasteiger partial charge in [-0.05, 0) is 72.1 Å². The van der Waals surface area contributed by atoms with E-state index in [1.807, 2.05) is 37.3 Å². The number of ether oxygens (including phenoxy) is 1. The number of hydrogen-bond donors (Lipinski definition) is 2. The zero-order valence-corrected chi connectivity index (χ0v) is 22.8. The van der Waals surface area contributed by atoms with Crippen LogP contribution in [0, 0.1) is 6.92 Å². The summed E-state index contributed by atoms with van der Waals surface area (Å²) in [6.45, 7) is 6.28. The van der Waals surface area contributed by atoms with E-state index in [9.17, 15) is 18.0 Å². The molecule has 0 radical (unpaired) electrons. The van der Waals surface area contributed by atoms with Gasteiger partial charge in [-0.25, -0.2) is 14.5 Å². The van der Waals surface area contributed by atoms with Crippen molar-refractivity contribution < 1.29 is 22.7 Å². The van der Waals surface area contributed by atoms with Gasteiger partial charge in [-0.3, -0.25) is 4.90 Å². The molecular formula is C28H27F3N6O2S. The number of carbonyl (C=O) groups excluding carboxylic acids is 1. The summed E-state index contributed by atoms with van der Waals surface area (Å²) in [4.78, 5) is 17.9. The maximum Gasteiger partial charge on any atom is 0.573 e. The molecule has 0 aliphatic rings. The number of nitrogens with zero attached hydrogens (tertiary/aromatic N) is 4. The number of rotatable bonds is 7. The van der Waals surface area contributed by atoms with Crippen molar-refractivity contribution in [2.45, 2.75) is 39.6 Å². The molecule has 0 atom stereocenters. The summed E-state index contributed by atoms with van der Waals surface area (Å²) >= 11 is 5.54. The van der Waals surface area contributed by atoms with E-state index in [0.29, 0.717) is 17.1 Å².